The molecular weight excluding hydrogens is 230 g/mol. The van der Waals surface area contributed by atoms with Crippen molar-refractivity contribution < 1.29 is 10.3 Å². The lowest BCUT2D eigenvalue weighted by Gasteiger charge is -2.21. The highest BCUT2D eigenvalue weighted by Gasteiger charge is 2.09. The summed E-state index contributed by atoms with van der Waals surface area (Å²) in [5.41, 5.74) is 7.43. The first kappa shape index (κ1) is 14.5. The van der Waals surface area contributed by atoms with Crippen LogP contribution in [-0.2, 0) is 6.54 Å². The van der Waals surface area contributed by atoms with E-state index < -0.39 is 0 Å². The Kier molecular flexibility index (Phi) is 6.18. The SMILES string of the molecule is CCN(CCCO)Cc1ccccc1/C(N)=N/O. The first-order valence-electron chi connectivity index (χ1n) is 6.12. The van der Waals surface area contributed by atoms with Gasteiger partial charge in [-0.15, -0.1) is 0 Å². The average molecular weight is 251 g/mol. The van der Waals surface area contributed by atoms with Gasteiger partial charge in [0.05, 0.1) is 0 Å². The molecule has 0 saturated heterocycles. The number of hydrogen-bond donors (Lipinski definition) is 3. The topological polar surface area (TPSA) is 82.1 Å². The molecule has 0 aliphatic carbocycles. The zero-order chi connectivity index (χ0) is 13.4. The molecule has 1 aromatic carbocycles. The van der Waals surface area contributed by atoms with Gasteiger partial charge in [0.1, 0.15) is 0 Å². The van der Waals surface area contributed by atoms with E-state index in [9.17, 15) is 0 Å². The zero-order valence-electron chi connectivity index (χ0n) is 10.7. The minimum Gasteiger partial charge on any atom is -0.409 e. The lowest BCUT2D eigenvalue weighted by atomic mass is 10.1. The number of aliphatic hydroxyl groups excluding tert-OH is 1. The first-order valence-corrected chi connectivity index (χ1v) is 6.12. The molecule has 100 valence electrons. The molecule has 0 aliphatic heterocycles. The maximum atomic E-state index is 8.86. The van der Waals surface area contributed by atoms with Gasteiger partial charge >= 0.3 is 0 Å². The van der Waals surface area contributed by atoms with Gasteiger partial charge < -0.3 is 16.0 Å². The van der Waals surface area contributed by atoms with Crippen molar-refractivity contribution in [1.29, 1.82) is 0 Å². The molecule has 5 heteroatoms. The van der Waals surface area contributed by atoms with Crippen LogP contribution in [0, 0.1) is 0 Å². The molecule has 0 heterocycles. The minimum absolute atomic E-state index is 0.129. The lowest BCUT2D eigenvalue weighted by Crippen LogP contribution is -2.26. The molecule has 5 nitrogen and oxygen atoms in total. The van der Waals surface area contributed by atoms with Gasteiger partial charge in [-0.1, -0.05) is 36.3 Å². The highest BCUT2D eigenvalue weighted by Crippen LogP contribution is 2.11. The highest BCUT2D eigenvalue weighted by molar-refractivity contribution is 5.98. The molecule has 0 atom stereocenters. The van der Waals surface area contributed by atoms with E-state index in [0.29, 0.717) is 0 Å². The number of aliphatic hydroxyl groups is 1. The van der Waals surface area contributed by atoms with Gasteiger partial charge in [0.15, 0.2) is 5.84 Å². The molecule has 1 rings (SSSR count). The third kappa shape index (κ3) is 4.01. The van der Waals surface area contributed by atoms with E-state index in [2.05, 4.69) is 17.0 Å². The van der Waals surface area contributed by atoms with Crippen molar-refractivity contribution in [1.82, 2.24) is 4.90 Å². The van der Waals surface area contributed by atoms with Crippen LogP contribution in [0.3, 0.4) is 0 Å². The molecule has 4 N–H and O–H groups in total. The van der Waals surface area contributed by atoms with Gasteiger partial charge in [-0.05, 0) is 18.5 Å². The Bertz CT molecular complexity index is 394. The molecule has 0 amide bonds. The average Bonchev–Trinajstić information content (AvgIpc) is 2.43. The van der Waals surface area contributed by atoms with Crippen LogP contribution in [0.25, 0.3) is 0 Å². The Morgan fingerprint density at radius 1 is 1.39 bits per heavy atom. The van der Waals surface area contributed by atoms with Gasteiger partial charge in [0.25, 0.3) is 0 Å². The number of amidine groups is 1. The maximum Gasteiger partial charge on any atom is 0.170 e. The van der Waals surface area contributed by atoms with Gasteiger partial charge in [0.2, 0.25) is 0 Å². The first-order chi connectivity index (χ1) is 8.72. The van der Waals surface area contributed by atoms with E-state index in [-0.39, 0.29) is 12.4 Å². The van der Waals surface area contributed by atoms with E-state index in [1.165, 1.54) is 0 Å². The molecular formula is C13H21N3O2. The summed E-state index contributed by atoms with van der Waals surface area (Å²) in [7, 11) is 0. The largest absolute Gasteiger partial charge is 0.409 e. The number of nitrogens with two attached hydrogens (primary N) is 1. The summed E-state index contributed by atoms with van der Waals surface area (Å²) in [4.78, 5) is 2.21. The van der Waals surface area contributed by atoms with Crippen LogP contribution in [0.15, 0.2) is 29.4 Å². The third-order valence-corrected chi connectivity index (χ3v) is 2.87. The van der Waals surface area contributed by atoms with E-state index in [0.717, 1.165) is 37.2 Å². The van der Waals surface area contributed by atoms with Crippen LogP contribution in [0.4, 0.5) is 0 Å². The van der Waals surface area contributed by atoms with E-state index in [1.54, 1.807) is 0 Å². The molecule has 0 aliphatic rings. The van der Waals surface area contributed by atoms with Crippen LogP contribution in [-0.4, -0.2) is 40.7 Å². The van der Waals surface area contributed by atoms with E-state index in [4.69, 9.17) is 16.0 Å². The van der Waals surface area contributed by atoms with E-state index in [1.807, 2.05) is 24.3 Å². The van der Waals surface area contributed by atoms with Gasteiger partial charge in [-0.3, -0.25) is 4.90 Å². The van der Waals surface area contributed by atoms with Crippen LogP contribution in [0.1, 0.15) is 24.5 Å². The number of hydrogen-bond acceptors (Lipinski definition) is 4. The predicted octanol–water partition coefficient (Wildman–Crippen LogP) is 0.985. The summed E-state index contributed by atoms with van der Waals surface area (Å²) < 4.78 is 0. The number of nitrogens with zero attached hydrogens (tertiary/aromatic N) is 2. The van der Waals surface area contributed by atoms with Gasteiger partial charge in [-0.2, -0.15) is 0 Å². The van der Waals surface area contributed by atoms with Crippen molar-refractivity contribution in [3.05, 3.63) is 35.4 Å². The molecule has 18 heavy (non-hydrogen) atoms. The third-order valence-electron chi connectivity index (χ3n) is 2.87. The number of oxime groups is 1. The van der Waals surface area contributed by atoms with E-state index >= 15 is 0 Å². The molecule has 0 unspecified atom stereocenters. The zero-order valence-corrected chi connectivity index (χ0v) is 10.7. The van der Waals surface area contributed by atoms with Crippen LogP contribution in [0.2, 0.25) is 0 Å². The maximum absolute atomic E-state index is 8.86. The summed E-state index contributed by atoms with van der Waals surface area (Å²) in [5.74, 6) is 0.129. The standard InChI is InChI=1S/C13H21N3O2/c1-2-16(8-5-9-17)10-11-6-3-4-7-12(11)13(14)15-18/h3-4,6-7,17-18H,2,5,8-10H2,1H3,(H2,14,15). The Labute approximate surface area is 108 Å². The summed E-state index contributed by atoms with van der Waals surface area (Å²) in [5, 5.41) is 20.7. The van der Waals surface area contributed by atoms with Crippen LogP contribution >= 0.6 is 0 Å². The lowest BCUT2D eigenvalue weighted by molar-refractivity contribution is 0.225. The Morgan fingerprint density at radius 3 is 2.72 bits per heavy atom. The van der Waals surface area contributed by atoms with Gasteiger partial charge in [-0.25, -0.2) is 0 Å². The van der Waals surface area contributed by atoms with Crippen molar-refractivity contribution in [3.63, 3.8) is 0 Å². The summed E-state index contributed by atoms with van der Waals surface area (Å²) >= 11 is 0. The molecule has 0 saturated carbocycles. The van der Waals surface area contributed by atoms with Crippen molar-refractivity contribution in [3.8, 4) is 0 Å². The normalized spacial score (nSPS) is 12.1. The van der Waals surface area contributed by atoms with Crippen molar-refractivity contribution in [2.45, 2.75) is 19.9 Å². The summed E-state index contributed by atoms with van der Waals surface area (Å²) in [6, 6.07) is 7.60. The van der Waals surface area contributed by atoms with Crippen LogP contribution < -0.4 is 5.73 Å². The Morgan fingerprint density at radius 2 is 2.11 bits per heavy atom. The molecule has 0 bridgehead atoms. The predicted molar refractivity (Wildman–Crippen MR) is 71.6 cm³/mol. The molecule has 0 spiro atoms. The van der Waals surface area contributed by atoms with Gasteiger partial charge in [0, 0.05) is 25.3 Å². The fourth-order valence-electron chi connectivity index (χ4n) is 1.85. The molecule has 0 fully saturated rings. The second-order valence-electron chi connectivity index (χ2n) is 4.09. The number of benzene rings is 1. The fourth-order valence-corrected chi connectivity index (χ4v) is 1.85. The smallest absolute Gasteiger partial charge is 0.170 e. The minimum atomic E-state index is 0.129. The highest BCUT2D eigenvalue weighted by atomic mass is 16.4. The van der Waals surface area contributed by atoms with Crippen molar-refractivity contribution in [2.24, 2.45) is 10.9 Å². The second kappa shape index (κ2) is 7.68. The van der Waals surface area contributed by atoms with Crippen molar-refractivity contribution >= 4 is 5.84 Å². The molecule has 0 aromatic heterocycles. The summed E-state index contributed by atoms with van der Waals surface area (Å²) in [6.45, 7) is 4.72. The monoisotopic (exact) mass is 251 g/mol. The molecule has 0 radical (unpaired) electrons. The fraction of sp³-hybridized carbons (Fsp3) is 0.462. The Hall–Kier alpha value is -1.59. The van der Waals surface area contributed by atoms with Crippen molar-refractivity contribution in [2.75, 3.05) is 19.7 Å². The summed E-state index contributed by atoms with van der Waals surface area (Å²) in [6.07, 6.45) is 0.750. The number of rotatable bonds is 7. The molecule has 1 aromatic rings. The second-order valence-corrected chi connectivity index (χ2v) is 4.09. The quantitative estimate of drug-likeness (QED) is 0.292. The Balaban J connectivity index is 2.82. The van der Waals surface area contributed by atoms with Crippen LogP contribution in [0.5, 0.6) is 0 Å².